The molecule has 5 nitrogen and oxygen atoms in total. The molecule has 0 bridgehead atoms. The lowest BCUT2D eigenvalue weighted by atomic mass is 9.79. The summed E-state index contributed by atoms with van der Waals surface area (Å²) in [7, 11) is 0. The lowest BCUT2D eigenvalue weighted by Gasteiger charge is -2.50. The number of amides is 1. The smallest absolute Gasteiger partial charge is 0.254 e. The van der Waals surface area contributed by atoms with E-state index in [9.17, 15) is 4.79 Å². The van der Waals surface area contributed by atoms with Crippen LogP contribution in [-0.2, 0) is 16.1 Å². The summed E-state index contributed by atoms with van der Waals surface area (Å²) in [5, 5.41) is 0. The van der Waals surface area contributed by atoms with E-state index in [1.54, 1.807) is 6.20 Å². The van der Waals surface area contributed by atoms with E-state index in [4.69, 9.17) is 9.47 Å². The van der Waals surface area contributed by atoms with Crippen LogP contribution in [0.15, 0.2) is 48.7 Å². The van der Waals surface area contributed by atoms with Crippen LogP contribution in [0, 0.1) is 12.8 Å². The third-order valence-corrected chi connectivity index (χ3v) is 5.66. The molecule has 3 heterocycles. The van der Waals surface area contributed by atoms with E-state index in [-0.39, 0.29) is 11.5 Å². The van der Waals surface area contributed by atoms with E-state index in [0.717, 1.165) is 36.3 Å². The van der Waals surface area contributed by atoms with Crippen molar-refractivity contribution in [2.45, 2.75) is 32.0 Å². The monoisotopic (exact) mass is 366 g/mol. The van der Waals surface area contributed by atoms with Gasteiger partial charge in [-0.2, -0.15) is 0 Å². The first-order valence-corrected chi connectivity index (χ1v) is 9.64. The summed E-state index contributed by atoms with van der Waals surface area (Å²) >= 11 is 0. The fourth-order valence-corrected chi connectivity index (χ4v) is 4.13. The number of pyridine rings is 1. The average molecular weight is 366 g/mol. The van der Waals surface area contributed by atoms with Crippen LogP contribution in [-0.4, -0.2) is 47.7 Å². The molecule has 0 unspecified atom stereocenters. The number of rotatable bonds is 6. The normalized spacial score (nSPS) is 20.6. The van der Waals surface area contributed by atoms with Gasteiger partial charge in [-0.15, -0.1) is 0 Å². The second-order valence-electron chi connectivity index (χ2n) is 7.59. The van der Waals surface area contributed by atoms with Crippen molar-refractivity contribution in [2.75, 3.05) is 26.3 Å². The highest BCUT2D eigenvalue weighted by Gasteiger charge is 2.54. The van der Waals surface area contributed by atoms with Gasteiger partial charge in [0.2, 0.25) is 0 Å². The van der Waals surface area contributed by atoms with Crippen molar-refractivity contribution in [1.29, 1.82) is 0 Å². The van der Waals surface area contributed by atoms with Gasteiger partial charge in [-0.05, 0) is 49.9 Å². The van der Waals surface area contributed by atoms with Crippen molar-refractivity contribution in [2.24, 2.45) is 5.92 Å². The Balaban J connectivity index is 1.27. The number of aryl methyl sites for hydroxylation is 1. The van der Waals surface area contributed by atoms with Gasteiger partial charge in [0.1, 0.15) is 5.60 Å². The Hall–Kier alpha value is -2.24. The number of hydrogen-bond donors (Lipinski definition) is 0. The van der Waals surface area contributed by atoms with Crippen LogP contribution in [0.1, 0.15) is 34.5 Å². The summed E-state index contributed by atoms with van der Waals surface area (Å²) in [6.07, 6.45) is 3.78. The van der Waals surface area contributed by atoms with E-state index < -0.39 is 0 Å². The molecule has 1 amide bonds. The van der Waals surface area contributed by atoms with Gasteiger partial charge in [0.05, 0.1) is 25.4 Å². The molecule has 142 valence electrons. The summed E-state index contributed by atoms with van der Waals surface area (Å²) in [5.74, 6) is 0.549. The molecular formula is C22H26N2O3. The lowest BCUT2D eigenvalue weighted by Crippen LogP contribution is -2.66. The Morgan fingerprint density at radius 2 is 2.19 bits per heavy atom. The molecule has 1 aromatic carbocycles. The highest BCUT2D eigenvalue weighted by atomic mass is 16.5. The van der Waals surface area contributed by atoms with Gasteiger partial charge in [-0.25, -0.2) is 0 Å². The number of carbonyl (C=O) groups excluding carboxylic acids is 1. The first-order chi connectivity index (χ1) is 13.2. The highest BCUT2D eigenvalue weighted by molar-refractivity contribution is 5.95. The number of nitrogens with zero attached hydrogens (tertiary/aromatic N) is 2. The molecule has 2 aromatic rings. The molecule has 2 aliphatic heterocycles. The van der Waals surface area contributed by atoms with E-state index >= 15 is 0 Å². The minimum atomic E-state index is -0.173. The predicted molar refractivity (Wildman–Crippen MR) is 102 cm³/mol. The van der Waals surface area contributed by atoms with Gasteiger partial charge >= 0.3 is 0 Å². The first kappa shape index (κ1) is 18.1. The predicted octanol–water partition coefficient (Wildman–Crippen LogP) is 3.23. The molecule has 0 N–H and O–H groups in total. The van der Waals surface area contributed by atoms with Crippen molar-refractivity contribution in [3.63, 3.8) is 0 Å². The van der Waals surface area contributed by atoms with Gasteiger partial charge < -0.3 is 14.4 Å². The van der Waals surface area contributed by atoms with E-state index in [1.165, 1.54) is 0 Å². The summed E-state index contributed by atoms with van der Waals surface area (Å²) in [4.78, 5) is 18.9. The van der Waals surface area contributed by atoms with Gasteiger partial charge in [-0.1, -0.05) is 23.8 Å². The number of aromatic nitrogens is 1. The quantitative estimate of drug-likeness (QED) is 0.737. The minimum Gasteiger partial charge on any atom is -0.375 e. The number of carbonyl (C=O) groups is 1. The van der Waals surface area contributed by atoms with Crippen LogP contribution in [0.25, 0.3) is 0 Å². The molecule has 1 atom stereocenters. The molecule has 1 aromatic heterocycles. The Morgan fingerprint density at radius 3 is 2.96 bits per heavy atom. The van der Waals surface area contributed by atoms with Crippen LogP contribution in [0.3, 0.4) is 0 Å². The molecule has 27 heavy (non-hydrogen) atoms. The fraction of sp³-hybridized carbons (Fsp3) is 0.455. The zero-order chi connectivity index (χ0) is 18.7. The molecule has 2 saturated heterocycles. The van der Waals surface area contributed by atoms with Gasteiger partial charge in [0.15, 0.2) is 0 Å². The number of ether oxygens (including phenoxy) is 2. The minimum absolute atomic E-state index is 0.102. The molecule has 5 heteroatoms. The topological polar surface area (TPSA) is 51.7 Å². The fourth-order valence-electron chi connectivity index (χ4n) is 4.13. The maximum atomic E-state index is 12.7. The van der Waals surface area contributed by atoms with Gasteiger partial charge in [-0.3, -0.25) is 9.78 Å². The second kappa shape index (κ2) is 7.79. The maximum Gasteiger partial charge on any atom is 0.254 e. The molecule has 0 radical (unpaired) electrons. The Kier molecular flexibility index (Phi) is 5.23. The van der Waals surface area contributed by atoms with Crippen LogP contribution in [0.4, 0.5) is 0 Å². The van der Waals surface area contributed by atoms with Crippen molar-refractivity contribution in [3.05, 3.63) is 65.5 Å². The Morgan fingerprint density at radius 1 is 1.30 bits per heavy atom. The number of benzene rings is 1. The highest BCUT2D eigenvalue weighted by Crippen LogP contribution is 2.42. The van der Waals surface area contributed by atoms with Crippen molar-refractivity contribution in [3.8, 4) is 0 Å². The van der Waals surface area contributed by atoms with E-state index in [0.29, 0.717) is 32.2 Å². The Labute approximate surface area is 160 Å². The zero-order valence-electron chi connectivity index (χ0n) is 15.8. The third-order valence-electron chi connectivity index (χ3n) is 5.66. The standard InChI is InChI=1S/C22H26N2O3/c1-17-5-4-6-18(13-17)21(25)24-15-22(16-24)19(9-12-27-22)8-11-26-14-20-7-2-3-10-23-20/h2-7,10,13,19H,8-9,11-12,14-16H2,1H3/t19-/m1/s1. The summed E-state index contributed by atoms with van der Waals surface area (Å²) in [5.41, 5.74) is 2.65. The van der Waals surface area contributed by atoms with Gasteiger partial charge in [0.25, 0.3) is 5.91 Å². The van der Waals surface area contributed by atoms with Crippen LogP contribution < -0.4 is 0 Å². The lowest BCUT2D eigenvalue weighted by molar-refractivity contribution is -0.120. The summed E-state index contributed by atoms with van der Waals surface area (Å²) in [6.45, 7) is 5.39. The number of hydrogen-bond acceptors (Lipinski definition) is 4. The molecule has 4 rings (SSSR count). The first-order valence-electron chi connectivity index (χ1n) is 9.64. The van der Waals surface area contributed by atoms with Crippen LogP contribution >= 0.6 is 0 Å². The van der Waals surface area contributed by atoms with E-state index in [1.807, 2.05) is 54.3 Å². The SMILES string of the molecule is Cc1cccc(C(=O)N2CC3(C2)OCC[C@H]3CCOCc2ccccn2)c1. The maximum absolute atomic E-state index is 12.7. The van der Waals surface area contributed by atoms with Crippen molar-refractivity contribution < 1.29 is 14.3 Å². The van der Waals surface area contributed by atoms with Gasteiger partial charge in [0, 0.05) is 25.0 Å². The summed E-state index contributed by atoms with van der Waals surface area (Å²) < 4.78 is 11.9. The van der Waals surface area contributed by atoms with Crippen molar-refractivity contribution >= 4 is 5.91 Å². The third kappa shape index (κ3) is 3.89. The molecular weight excluding hydrogens is 340 g/mol. The largest absolute Gasteiger partial charge is 0.375 e. The molecule has 1 spiro atoms. The zero-order valence-corrected chi connectivity index (χ0v) is 15.8. The second-order valence-corrected chi connectivity index (χ2v) is 7.59. The number of likely N-dealkylation sites (tertiary alicyclic amines) is 1. The molecule has 2 fully saturated rings. The summed E-state index contributed by atoms with van der Waals surface area (Å²) in [6, 6.07) is 13.6. The average Bonchev–Trinajstić information content (AvgIpc) is 3.08. The van der Waals surface area contributed by atoms with Crippen molar-refractivity contribution in [1.82, 2.24) is 9.88 Å². The molecule has 0 saturated carbocycles. The Bertz CT molecular complexity index is 787. The van der Waals surface area contributed by atoms with Crippen LogP contribution in [0.2, 0.25) is 0 Å². The van der Waals surface area contributed by atoms with Crippen LogP contribution in [0.5, 0.6) is 0 Å². The van der Waals surface area contributed by atoms with E-state index in [2.05, 4.69) is 4.98 Å². The molecule has 0 aliphatic carbocycles. The molecule has 2 aliphatic rings.